The van der Waals surface area contributed by atoms with Gasteiger partial charge in [0.25, 0.3) is 0 Å². The Morgan fingerprint density at radius 3 is 2.50 bits per heavy atom. The number of ether oxygens (including phenoxy) is 1. The smallest absolute Gasteiger partial charge is 0.232 e. The molecule has 3 atom stereocenters. The zero-order chi connectivity index (χ0) is 20.2. The van der Waals surface area contributed by atoms with Crippen LogP contribution in [0.1, 0.15) is 56.2 Å². The summed E-state index contributed by atoms with van der Waals surface area (Å²) in [6, 6.07) is 10.1. The van der Waals surface area contributed by atoms with Crippen LogP contribution in [0, 0.1) is 18.8 Å². The lowest BCUT2D eigenvalue weighted by molar-refractivity contribution is -0.117. The van der Waals surface area contributed by atoms with Crippen molar-refractivity contribution in [2.45, 2.75) is 52.7 Å². The Morgan fingerprint density at radius 2 is 1.82 bits per heavy atom. The molecule has 0 radical (unpaired) electrons. The number of nitrogens with one attached hydrogen (secondary N) is 2. The van der Waals surface area contributed by atoms with Crippen LogP contribution in [-0.2, 0) is 4.79 Å². The second-order valence-corrected chi connectivity index (χ2v) is 8.92. The number of halogens is 1. The molecule has 0 saturated carbocycles. The van der Waals surface area contributed by atoms with Gasteiger partial charge in [-0.15, -0.1) is 0 Å². The third-order valence-corrected chi connectivity index (χ3v) is 6.30. The minimum Gasteiger partial charge on any atom is -0.469 e. The van der Waals surface area contributed by atoms with Gasteiger partial charge in [-0.05, 0) is 42.0 Å². The lowest BCUT2D eigenvalue weighted by Gasteiger charge is -2.26. The van der Waals surface area contributed by atoms with Crippen molar-refractivity contribution in [1.29, 1.82) is 0 Å². The maximum Gasteiger partial charge on any atom is 0.232 e. The second kappa shape index (κ2) is 7.00. The molecule has 0 aliphatic carbocycles. The summed E-state index contributed by atoms with van der Waals surface area (Å²) in [4.78, 5) is 12.4. The van der Waals surface area contributed by atoms with E-state index in [0.29, 0.717) is 16.7 Å². The van der Waals surface area contributed by atoms with Gasteiger partial charge in [0.05, 0.1) is 10.9 Å². The van der Waals surface area contributed by atoms with Gasteiger partial charge in [0.1, 0.15) is 5.75 Å². The summed E-state index contributed by atoms with van der Waals surface area (Å²) in [5, 5.41) is 7.04. The van der Waals surface area contributed by atoms with Crippen molar-refractivity contribution in [2.75, 3.05) is 10.6 Å². The first-order valence-electron chi connectivity index (χ1n) is 9.95. The number of rotatable bonds is 4. The molecule has 5 heteroatoms. The quantitative estimate of drug-likeness (QED) is 0.673. The van der Waals surface area contributed by atoms with Crippen molar-refractivity contribution in [3.63, 3.8) is 0 Å². The van der Waals surface area contributed by atoms with Crippen LogP contribution in [0.2, 0.25) is 5.02 Å². The van der Waals surface area contributed by atoms with E-state index >= 15 is 0 Å². The van der Waals surface area contributed by atoms with Crippen LogP contribution in [0.4, 0.5) is 11.4 Å². The standard InChI is InChI=1S/C23H27ClN2O2/c1-11(2)17-14-8-6-7-13(5)21(14)26-23(17)28-16-10-9-15-19(20(16)24)18(12(3)4)22(27)25-15/h6-12,17-18,23,26H,1-5H3,(H,25,27). The predicted octanol–water partition coefficient (Wildman–Crippen LogP) is 5.91. The molecular weight excluding hydrogens is 372 g/mol. The highest BCUT2D eigenvalue weighted by Gasteiger charge is 2.39. The Kier molecular flexibility index (Phi) is 4.78. The molecule has 2 aromatic carbocycles. The number of carbonyl (C=O) groups is 1. The molecule has 2 aliphatic rings. The van der Waals surface area contributed by atoms with E-state index in [4.69, 9.17) is 16.3 Å². The first-order chi connectivity index (χ1) is 13.3. The highest BCUT2D eigenvalue weighted by atomic mass is 35.5. The van der Waals surface area contributed by atoms with Gasteiger partial charge in [0.2, 0.25) is 5.91 Å². The fraction of sp³-hybridized carbons (Fsp3) is 0.435. The second-order valence-electron chi connectivity index (χ2n) is 8.54. The zero-order valence-electron chi connectivity index (χ0n) is 17.0. The van der Waals surface area contributed by atoms with E-state index in [1.807, 2.05) is 26.0 Å². The first-order valence-corrected chi connectivity index (χ1v) is 10.3. The Labute approximate surface area is 171 Å². The number of carbonyl (C=O) groups excluding carboxylic acids is 1. The molecule has 1 amide bonds. The molecule has 4 rings (SSSR count). The van der Waals surface area contributed by atoms with Gasteiger partial charge >= 0.3 is 0 Å². The van der Waals surface area contributed by atoms with Crippen LogP contribution >= 0.6 is 11.6 Å². The minimum absolute atomic E-state index is 0.00567. The highest BCUT2D eigenvalue weighted by molar-refractivity contribution is 6.34. The maximum absolute atomic E-state index is 12.4. The van der Waals surface area contributed by atoms with E-state index in [0.717, 1.165) is 16.9 Å². The summed E-state index contributed by atoms with van der Waals surface area (Å²) in [5.41, 5.74) is 5.30. The maximum atomic E-state index is 12.4. The Morgan fingerprint density at radius 1 is 1.07 bits per heavy atom. The van der Waals surface area contributed by atoms with Crippen molar-refractivity contribution in [3.8, 4) is 5.75 Å². The molecule has 3 unspecified atom stereocenters. The number of anilines is 2. The van der Waals surface area contributed by atoms with Crippen molar-refractivity contribution < 1.29 is 9.53 Å². The summed E-state index contributed by atoms with van der Waals surface area (Å²) in [5.74, 6) is 1.17. The van der Waals surface area contributed by atoms with E-state index in [1.165, 1.54) is 11.1 Å². The molecule has 2 aromatic rings. The Hall–Kier alpha value is -2.20. The number of hydrogen-bond donors (Lipinski definition) is 2. The first kappa shape index (κ1) is 19.1. The molecule has 0 aromatic heterocycles. The normalized spacial score (nSPS) is 22.9. The summed E-state index contributed by atoms with van der Waals surface area (Å²) >= 11 is 6.76. The molecule has 0 saturated heterocycles. The SMILES string of the molecule is Cc1cccc2c1NC(Oc1ccc3c(c1Cl)C(C(C)C)C(=O)N3)C2C(C)C. The molecular formula is C23H27ClN2O2. The minimum atomic E-state index is -0.247. The van der Waals surface area contributed by atoms with Gasteiger partial charge < -0.3 is 15.4 Å². The van der Waals surface area contributed by atoms with E-state index in [2.05, 4.69) is 49.6 Å². The molecule has 28 heavy (non-hydrogen) atoms. The summed E-state index contributed by atoms with van der Waals surface area (Å²) in [6.45, 7) is 10.6. The van der Waals surface area contributed by atoms with Gasteiger partial charge in [-0.1, -0.05) is 57.5 Å². The monoisotopic (exact) mass is 398 g/mol. The van der Waals surface area contributed by atoms with E-state index in [9.17, 15) is 4.79 Å². The molecule has 0 spiro atoms. The van der Waals surface area contributed by atoms with Crippen LogP contribution in [0.5, 0.6) is 5.75 Å². The average Bonchev–Trinajstić information content (AvgIpc) is 3.16. The third kappa shape index (κ3) is 2.95. The molecule has 0 fully saturated rings. The summed E-state index contributed by atoms with van der Waals surface area (Å²) < 4.78 is 6.42. The van der Waals surface area contributed by atoms with E-state index < -0.39 is 0 Å². The van der Waals surface area contributed by atoms with Crippen molar-refractivity contribution in [1.82, 2.24) is 0 Å². The number of hydrogen-bond acceptors (Lipinski definition) is 3. The highest BCUT2D eigenvalue weighted by Crippen LogP contribution is 2.48. The lowest BCUT2D eigenvalue weighted by atomic mass is 9.88. The number of fused-ring (bicyclic) bond motifs is 2. The molecule has 148 valence electrons. The van der Waals surface area contributed by atoms with E-state index in [-0.39, 0.29) is 29.9 Å². The fourth-order valence-corrected chi connectivity index (χ4v) is 4.89. The van der Waals surface area contributed by atoms with Gasteiger partial charge in [-0.2, -0.15) is 0 Å². The van der Waals surface area contributed by atoms with Crippen LogP contribution in [0.3, 0.4) is 0 Å². The van der Waals surface area contributed by atoms with Crippen molar-refractivity contribution in [2.24, 2.45) is 11.8 Å². The Balaban J connectivity index is 1.69. The van der Waals surface area contributed by atoms with E-state index in [1.54, 1.807) is 0 Å². The Bertz CT molecular complexity index is 938. The third-order valence-electron chi connectivity index (χ3n) is 5.91. The number of aryl methyl sites for hydroxylation is 1. The predicted molar refractivity (Wildman–Crippen MR) is 114 cm³/mol. The van der Waals surface area contributed by atoms with Crippen LogP contribution in [0.15, 0.2) is 30.3 Å². The molecule has 2 heterocycles. The molecule has 0 bridgehead atoms. The van der Waals surface area contributed by atoms with Gasteiger partial charge in [0, 0.05) is 22.9 Å². The molecule has 2 N–H and O–H groups in total. The topological polar surface area (TPSA) is 50.4 Å². The average molecular weight is 399 g/mol. The number of benzene rings is 2. The van der Waals surface area contributed by atoms with Gasteiger partial charge in [-0.3, -0.25) is 4.79 Å². The van der Waals surface area contributed by atoms with Crippen LogP contribution < -0.4 is 15.4 Å². The van der Waals surface area contributed by atoms with Crippen molar-refractivity contribution >= 4 is 28.9 Å². The number of para-hydroxylation sites is 1. The number of amides is 1. The van der Waals surface area contributed by atoms with Crippen LogP contribution in [0.25, 0.3) is 0 Å². The summed E-state index contributed by atoms with van der Waals surface area (Å²) in [6.07, 6.45) is -0.200. The lowest BCUT2D eigenvalue weighted by Crippen LogP contribution is -2.30. The van der Waals surface area contributed by atoms with Gasteiger partial charge in [0.15, 0.2) is 6.23 Å². The fourth-order valence-electron chi connectivity index (χ4n) is 4.56. The van der Waals surface area contributed by atoms with Crippen molar-refractivity contribution in [3.05, 3.63) is 52.0 Å². The largest absolute Gasteiger partial charge is 0.469 e. The van der Waals surface area contributed by atoms with Gasteiger partial charge in [-0.25, -0.2) is 0 Å². The zero-order valence-corrected chi connectivity index (χ0v) is 17.7. The molecule has 2 aliphatic heterocycles. The molecule has 4 nitrogen and oxygen atoms in total. The summed E-state index contributed by atoms with van der Waals surface area (Å²) in [7, 11) is 0. The van der Waals surface area contributed by atoms with Crippen LogP contribution in [-0.4, -0.2) is 12.1 Å².